The molecule has 0 unspecified atom stereocenters. The summed E-state index contributed by atoms with van der Waals surface area (Å²) in [6.07, 6.45) is 4.89. The van der Waals surface area contributed by atoms with Crippen molar-refractivity contribution < 1.29 is 4.79 Å². The fraction of sp³-hybridized carbons (Fsp3) is 0.562. The highest BCUT2D eigenvalue weighted by Crippen LogP contribution is 2.28. The fourth-order valence-corrected chi connectivity index (χ4v) is 2.94. The third kappa shape index (κ3) is 3.53. The van der Waals surface area contributed by atoms with Gasteiger partial charge in [0.2, 0.25) is 0 Å². The van der Waals surface area contributed by atoms with Gasteiger partial charge in [-0.05, 0) is 56.3 Å². The molecule has 1 aliphatic carbocycles. The van der Waals surface area contributed by atoms with Crippen LogP contribution >= 0.6 is 11.6 Å². The number of carbonyl (C=O) groups is 1. The van der Waals surface area contributed by atoms with E-state index >= 15 is 0 Å². The molecule has 2 fully saturated rings. The molecule has 0 radical (unpaired) electrons. The molecule has 20 heavy (non-hydrogen) atoms. The molecule has 1 aromatic rings. The molecule has 1 aromatic carbocycles. The molecule has 108 valence electrons. The zero-order valence-electron chi connectivity index (χ0n) is 11.6. The molecule has 1 aliphatic heterocycles. The number of likely N-dealkylation sites (tertiary alicyclic amines) is 1. The van der Waals surface area contributed by atoms with Gasteiger partial charge >= 0.3 is 0 Å². The van der Waals surface area contributed by atoms with Crippen molar-refractivity contribution in [1.29, 1.82) is 0 Å². The normalized spacial score (nSPS) is 20.1. The summed E-state index contributed by atoms with van der Waals surface area (Å²) in [5, 5.41) is 4.25. The van der Waals surface area contributed by atoms with Crippen LogP contribution in [0, 0.1) is 5.92 Å². The van der Waals surface area contributed by atoms with Crippen LogP contribution in [0.1, 0.15) is 36.0 Å². The lowest BCUT2D eigenvalue weighted by atomic mass is 10.0. The van der Waals surface area contributed by atoms with Crippen LogP contribution in [0.5, 0.6) is 0 Å². The lowest BCUT2D eigenvalue weighted by Crippen LogP contribution is -2.45. The molecule has 3 nitrogen and oxygen atoms in total. The van der Waals surface area contributed by atoms with E-state index in [0.717, 1.165) is 38.4 Å². The van der Waals surface area contributed by atoms with E-state index in [1.807, 2.05) is 17.0 Å². The summed E-state index contributed by atoms with van der Waals surface area (Å²) in [5.41, 5.74) is 0.696. The average Bonchev–Trinajstić information content (AvgIpc) is 3.29. The Balaban J connectivity index is 1.50. The van der Waals surface area contributed by atoms with Crippen LogP contribution < -0.4 is 5.32 Å². The van der Waals surface area contributed by atoms with Crippen molar-refractivity contribution in [2.75, 3.05) is 19.6 Å². The van der Waals surface area contributed by atoms with Crippen LogP contribution in [0.2, 0.25) is 5.02 Å². The largest absolute Gasteiger partial charge is 0.339 e. The Morgan fingerprint density at radius 2 is 2.00 bits per heavy atom. The zero-order chi connectivity index (χ0) is 13.9. The monoisotopic (exact) mass is 292 g/mol. The van der Waals surface area contributed by atoms with Gasteiger partial charge in [0.15, 0.2) is 0 Å². The van der Waals surface area contributed by atoms with E-state index in [1.165, 1.54) is 12.8 Å². The average molecular weight is 293 g/mol. The van der Waals surface area contributed by atoms with Crippen LogP contribution in [0.25, 0.3) is 0 Å². The van der Waals surface area contributed by atoms with Crippen LogP contribution in [0.15, 0.2) is 24.3 Å². The molecule has 0 aromatic heterocycles. The number of hydrogen-bond donors (Lipinski definition) is 1. The highest BCUT2D eigenvalue weighted by molar-refractivity contribution is 6.30. The van der Waals surface area contributed by atoms with Gasteiger partial charge in [-0.25, -0.2) is 0 Å². The molecular formula is C16H21ClN2O. The second kappa shape index (κ2) is 6.15. The predicted octanol–water partition coefficient (Wildman–Crippen LogP) is 2.94. The van der Waals surface area contributed by atoms with Gasteiger partial charge in [-0.1, -0.05) is 17.7 Å². The lowest BCUT2D eigenvalue weighted by Gasteiger charge is -2.32. The van der Waals surface area contributed by atoms with Gasteiger partial charge in [0.05, 0.1) is 0 Å². The zero-order valence-corrected chi connectivity index (χ0v) is 12.4. The molecule has 1 heterocycles. The standard InChI is InChI=1S/C16H21ClN2O/c17-14-3-1-2-13(10-14)16(20)19-8-6-15(7-9-19)18-11-12-4-5-12/h1-3,10,12,15,18H,4-9,11H2. The molecule has 3 rings (SSSR count). The lowest BCUT2D eigenvalue weighted by molar-refractivity contribution is 0.0705. The van der Waals surface area contributed by atoms with Crippen LogP contribution in [0.4, 0.5) is 0 Å². The van der Waals surface area contributed by atoms with E-state index in [0.29, 0.717) is 16.6 Å². The summed E-state index contributed by atoms with van der Waals surface area (Å²) in [6, 6.07) is 7.80. The molecule has 0 spiro atoms. The first kappa shape index (κ1) is 13.9. The number of benzene rings is 1. The number of nitrogens with zero attached hydrogens (tertiary/aromatic N) is 1. The summed E-state index contributed by atoms with van der Waals surface area (Å²) >= 11 is 5.95. The molecule has 0 atom stereocenters. The molecule has 1 saturated heterocycles. The number of rotatable bonds is 4. The number of amides is 1. The Morgan fingerprint density at radius 1 is 1.25 bits per heavy atom. The van der Waals surface area contributed by atoms with E-state index in [-0.39, 0.29) is 5.91 Å². The van der Waals surface area contributed by atoms with Crippen molar-refractivity contribution >= 4 is 17.5 Å². The molecular weight excluding hydrogens is 272 g/mol. The fourth-order valence-electron chi connectivity index (χ4n) is 2.75. The van der Waals surface area contributed by atoms with Crippen molar-refractivity contribution in [3.63, 3.8) is 0 Å². The van der Waals surface area contributed by atoms with Crippen LogP contribution in [-0.2, 0) is 0 Å². The summed E-state index contributed by atoms with van der Waals surface area (Å²) < 4.78 is 0. The maximum absolute atomic E-state index is 12.4. The van der Waals surface area contributed by atoms with Gasteiger partial charge in [-0.15, -0.1) is 0 Å². The first-order valence-electron chi connectivity index (χ1n) is 7.50. The number of piperidine rings is 1. The molecule has 4 heteroatoms. The van der Waals surface area contributed by atoms with E-state index in [2.05, 4.69) is 5.32 Å². The second-order valence-electron chi connectivity index (χ2n) is 5.93. The minimum absolute atomic E-state index is 0.105. The summed E-state index contributed by atoms with van der Waals surface area (Å²) in [5.74, 6) is 1.02. The van der Waals surface area contributed by atoms with Crippen LogP contribution in [-0.4, -0.2) is 36.5 Å². The highest BCUT2D eigenvalue weighted by Gasteiger charge is 2.26. The van der Waals surface area contributed by atoms with E-state index in [1.54, 1.807) is 12.1 Å². The first-order valence-corrected chi connectivity index (χ1v) is 7.88. The Hall–Kier alpha value is -1.06. The SMILES string of the molecule is O=C(c1cccc(Cl)c1)N1CCC(NCC2CC2)CC1. The Kier molecular flexibility index (Phi) is 4.27. The topological polar surface area (TPSA) is 32.3 Å². The Bertz CT molecular complexity index is 479. The van der Waals surface area contributed by atoms with Crippen molar-refractivity contribution in [3.05, 3.63) is 34.9 Å². The third-order valence-corrected chi connectivity index (χ3v) is 4.48. The van der Waals surface area contributed by atoms with Gasteiger partial charge in [-0.2, -0.15) is 0 Å². The summed E-state index contributed by atoms with van der Waals surface area (Å²) in [6.45, 7) is 2.84. The number of nitrogens with one attached hydrogen (secondary N) is 1. The van der Waals surface area contributed by atoms with E-state index in [9.17, 15) is 4.79 Å². The smallest absolute Gasteiger partial charge is 0.253 e. The van der Waals surface area contributed by atoms with Crippen molar-refractivity contribution in [3.8, 4) is 0 Å². The number of halogens is 1. The van der Waals surface area contributed by atoms with Crippen molar-refractivity contribution in [1.82, 2.24) is 10.2 Å². The molecule has 0 bridgehead atoms. The van der Waals surface area contributed by atoms with E-state index < -0.39 is 0 Å². The van der Waals surface area contributed by atoms with Gasteiger partial charge in [0.25, 0.3) is 5.91 Å². The number of hydrogen-bond acceptors (Lipinski definition) is 2. The van der Waals surface area contributed by atoms with E-state index in [4.69, 9.17) is 11.6 Å². The van der Waals surface area contributed by atoms with Gasteiger partial charge in [0.1, 0.15) is 0 Å². The Morgan fingerprint density at radius 3 is 2.65 bits per heavy atom. The minimum Gasteiger partial charge on any atom is -0.339 e. The second-order valence-corrected chi connectivity index (χ2v) is 6.36. The first-order chi connectivity index (χ1) is 9.72. The molecule has 1 saturated carbocycles. The number of carbonyl (C=O) groups excluding carboxylic acids is 1. The van der Waals surface area contributed by atoms with Gasteiger partial charge in [0, 0.05) is 29.7 Å². The van der Waals surface area contributed by atoms with Crippen molar-refractivity contribution in [2.24, 2.45) is 5.92 Å². The van der Waals surface area contributed by atoms with Crippen LogP contribution in [0.3, 0.4) is 0 Å². The highest BCUT2D eigenvalue weighted by atomic mass is 35.5. The minimum atomic E-state index is 0.105. The molecule has 1 amide bonds. The predicted molar refractivity (Wildman–Crippen MR) is 81.1 cm³/mol. The summed E-state index contributed by atoms with van der Waals surface area (Å²) in [7, 11) is 0. The molecule has 1 N–H and O–H groups in total. The van der Waals surface area contributed by atoms with Crippen molar-refractivity contribution in [2.45, 2.75) is 31.7 Å². The van der Waals surface area contributed by atoms with Gasteiger partial charge < -0.3 is 10.2 Å². The quantitative estimate of drug-likeness (QED) is 0.925. The van der Waals surface area contributed by atoms with Gasteiger partial charge in [-0.3, -0.25) is 4.79 Å². The third-order valence-electron chi connectivity index (χ3n) is 4.25. The maximum atomic E-state index is 12.4. The summed E-state index contributed by atoms with van der Waals surface area (Å²) in [4.78, 5) is 14.3. The molecule has 2 aliphatic rings. The maximum Gasteiger partial charge on any atom is 0.253 e. The Labute approximate surface area is 125 Å².